The summed E-state index contributed by atoms with van der Waals surface area (Å²) in [5.41, 5.74) is 8.07. The highest BCUT2D eigenvalue weighted by Gasteiger charge is 2.40. The summed E-state index contributed by atoms with van der Waals surface area (Å²) >= 11 is 0. The summed E-state index contributed by atoms with van der Waals surface area (Å²) in [4.78, 5) is 15.9. The van der Waals surface area contributed by atoms with E-state index in [0.717, 1.165) is 88.6 Å². The Hall–Kier alpha value is -7.19. The van der Waals surface area contributed by atoms with Crippen LogP contribution in [0.5, 0.6) is 23.0 Å². The maximum absolute atomic E-state index is 6.68. The quantitative estimate of drug-likeness (QED) is 0.175. The number of rotatable bonds is 3. The number of hydrogen-bond acceptors (Lipinski definition) is 5. The second kappa shape index (κ2) is 10.7. The fourth-order valence-corrected chi connectivity index (χ4v) is 8.48. The largest absolute Gasteiger partial charge is 0.458 e. The minimum atomic E-state index is -0.0244. The molecule has 0 atom stereocenters. The molecule has 5 heterocycles. The molecule has 0 bridgehead atoms. The number of ether oxygens (including phenoxy) is 2. The molecule has 8 heteroatoms. The Labute approximate surface area is 303 Å². The topological polar surface area (TPSA) is 67.0 Å². The monoisotopic (exact) mass is 679 g/mol. The van der Waals surface area contributed by atoms with Crippen molar-refractivity contribution in [2.75, 3.05) is 0 Å². The number of para-hydroxylation sites is 6. The zero-order valence-electron chi connectivity index (χ0n) is 28.1. The van der Waals surface area contributed by atoms with Crippen molar-refractivity contribution in [3.05, 3.63) is 158 Å². The first-order chi connectivity index (χ1) is 26.3. The van der Waals surface area contributed by atoms with Gasteiger partial charge in [0.1, 0.15) is 23.0 Å². The molecular formula is C45H26BN5O2. The Morgan fingerprint density at radius 1 is 0.396 bits per heavy atom. The molecule has 0 spiro atoms. The molecular weight excluding hydrogens is 653 g/mol. The Bertz CT molecular complexity index is 2860. The fourth-order valence-electron chi connectivity index (χ4n) is 8.48. The number of benzene rings is 7. The van der Waals surface area contributed by atoms with Gasteiger partial charge in [-0.05, 0) is 59.5 Å². The summed E-state index contributed by atoms with van der Waals surface area (Å²) in [5.74, 6) is 4.67. The first-order valence-corrected chi connectivity index (χ1v) is 17.7. The molecule has 7 nitrogen and oxygen atoms in total. The third kappa shape index (κ3) is 4.03. The second-order valence-corrected chi connectivity index (χ2v) is 13.6. The molecule has 0 saturated carbocycles. The maximum atomic E-state index is 6.68. The molecule has 246 valence electrons. The maximum Gasteiger partial charge on any atom is 0.260 e. The number of nitrogens with zero attached hydrogens (tertiary/aromatic N) is 5. The van der Waals surface area contributed by atoms with Crippen molar-refractivity contribution < 1.29 is 9.47 Å². The van der Waals surface area contributed by atoms with Gasteiger partial charge in [-0.25, -0.2) is 0 Å². The van der Waals surface area contributed by atoms with Gasteiger partial charge in [-0.3, -0.25) is 9.13 Å². The molecule has 12 rings (SSSR count). The van der Waals surface area contributed by atoms with Crippen LogP contribution in [0.2, 0.25) is 0 Å². The van der Waals surface area contributed by atoms with Gasteiger partial charge in [0.25, 0.3) is 6.71 Å². The van der Waals surface area contributed by atoms with Gasteiger partial charge < -0.3 is 9.47 Å². The molecule has 0 aliphatic carbocycles. The number of fused-ring (bicyclic) bond motifs is 10. The zero-order valence-corrected chi connectivity index (χ0v) is 28.1. The third-order valence-corrected chi connectivity index (χ3v) is 10.7. The lowest BCUT2D eigenvalue weighted by molar-refractivity contribution is 0.465. The van der Waals surface area contributed by atoms with Gasteiger partial charge in [-0.1, -0.05) is 109 Å². The Balaban J connectivity index is 1.16. The van der Waals surface area contributed by atoms with Crippen molar-refractivity contribution in [3.8, 4) is 46.3 Å². The van der Waals surface area contributed by atoms with E-state index < -0.39 is 0 Å². The minimum Gasteiger partial charge on any atom is -0.458 e. The molecule has 3 aromatic heterocycles. The molecule has 0 fully saturated rings. The highest BCUT2D eigenvalue weighted by Crippen LogP contribution is 2.39. The van der Waals surface area contributed by atoms with E-state index in [1.807, 2.05) is 24.3 Å². The Kier molecular flexibility index (Phi) is 5.74. The van der Waals surface area contributed by atoms with Crippen molar-refractivity contribution >= 4 is 66.7 Å². The number of aromatic nitrogens is 5. The van der Waals surface area contributed by atoms with Crippen LogP contribution >= 0.6 is 0 Å². The lowest BCUT2D eigenvalue weighted by atomic mass is 9.35. The Morgan fingerprint density at radius 3 is 1.21 bits per heavy atom. The van der Waals surface area contributed by atoms with E-state index in [1.165, 1.54) is 0 Å². The van der Waals surface area contributed by atoms with Crippen LogP contribution in [-0.2, 0) is 0 Å². The SMILES string of the molecule is c1ccc2c(c1)Oc1cc(-c3nc(-n4c5ccccc5c5ccccc54)nc(-n4c5ccccc5c5ccccc54)n3)cc3c1B2c1ccccc1O3. The molecule has 2 aliphatic rings. The van der Waals surface area contributed by atoms with Crippen LogP contribution in [0.3, 0.4) is 0 Å². The van der Waals surface area contributed by atoms with Gasteiger partial charge in [0.15, 0.2) is 5.82 Å². The van der Waals surface area contributed by atoms with Crippen molar-refractivity contribution in [1.82, 2.24) is 24.1 Å². The predicted octanol–water partition coefficient (Wildman–Crippen LogP) is 8.46. The number of hydrogen-bond donors (Lipinski definition) is 0. The van der Waals surface area contributed by atoms with Crippen molar-refractivity contribution in [3.63, 3.8) is 0 Å². The second-order valence-electron chi connectivity index (χ2n) is 13.6. The van der Waals surface area contributed by atoms with Gasteiger partial charge in [0.2, 0.25) is 11.9 Å². The normalized spacial score (nSPS) is 12.8. The van der Waals surface area contributed by atoms with Crippen molar-refractivity contribution in [2.24, 2.45) is 0 Å². The van der Waals surface area contributed by atoms with E-state index in [1.54, 1.807) is 0 Å². The van der Waals surface area contributed by atoms with Crippen molar-refractivity contribution in [1.29, 1.82) is 0 Å². The summed E-state index contributed by atoms with van der Waals surface area (Å²) in [6, 6.07) is 54.3. The van der Waals surface area contributed by atoms with E-state index >= 15 is 0 Å². The molecule has 0 radical (unpaired) electrons. The smallest absolute Gasteiger partial charge is 0.260 e. The van der Waals surface area contributed by atoms with Crippen LogP contribution in [-0.4, -0.2) is 30.8 Å². The van der Waals surface area contributed by atoms with Crippen molar-refractivity contribution in [2.45, 2.75) is 0 Å². The van der Waals surface area contributed by atoms with Crippen LogP contribution in [0.1, 0.15) is 0 Å². The molecule has 0 unspecified atom stereocenters. The summed E-state index contributed by atoms with van der Waals surface area (Å²) in [5, 5.41) is 4.53. The average molecular weight is 680 g/mol. The third-order valence-electron chi connectivity index (χ3n) is 10.7. The molecule has 0 saturated heterocycles. The molecule has 53 heavy (non-hydrogen) atoms. The van der Waals surface area contributed by atoms with Gasteiger partial charge in [-0.2, -0.15) is 15.0 Å². The molecule has 7 aromatic carbocycles. The van der Waals surface area contributed by atoms with Crippen LogP contribution in [0.15, 0.2) is 158 Å². The first kappa shape index (κ1) is 28.5. The molecule has 0 amide bonds. The highest BCUT2D eigenvalue weighted by atomic mass is 16.5. The van der Waals surface area contributed by atoms with Gasteiger partial charge in [0.05, 0.1) is 22.1 Å². The summed E-state index contributed by atoms with van der Waals surface area (Å²) < 4.78 is 17.6. The lowest BCUT2D eigenvalue weighted by Gasteiger charge is -2.33. The van der Waals surface area contributed by atoms with E-state index in [9.17, 15) is 0 Å². The fraction of sp³-hybridized carbons (Fsp3) is 0. The molecule has 10 aromatic rings. The van der Waals surface area contributed by atoms with Crippen LogP contribution < -0.4 is 25.9 Å². The first-order valence-electron chi connectivity index (χ1n) is 17.7. The predicted molar refractivity (Wildman–Crippen MR) is 212 cm³/mol. The van der Waals surface area contributed by atoms with E-state index in [4.69, 9.17) is 24.4 Å². The van der Waals surface area contributed by atoms with E-state index in [2.05, 4.69) is 143 Å². The summed E-state index contributed by atoms with van der Waals surface area (Å²) in [7, 11) is 0. The average Bonchev–Trinajstić information content (AvgIpc) is 3.74. The standard InChI is InChI=1S/C45H26BN5O2/c1-7-19-34-28(13-1)29-14-2-8-20-35(29)50(34)44-47-43(48-45(49-44)51-36-21-9-3-15-30(36)31-16-4-10-22-37(31)51)27-25-40-42-41(26-27)53-39-24-12-6-18-33(39)46(42)32-17-5-11-23-38(32)52-40/h1-26H. The van der Waals surface area contributed by atoms with Gasteiger partial charge in [-0.15, -0.1) is 0 Å². The summed E-state index contributed by atoms with van der Waals surface area (Å²) in [6.45, 7) is -0.0244. The van der Waals surface area contributed by atoms with Crippen LogP contribution in [0, 0.1) is 0 Å². The van der Waals surface area contributed by atoms with Gasteiger partial charge >= 0.3 is 0 Å². The van der Waals surface area contributed by atoms with Crippen LogP contribution in [0.4, 0.5) is 0 Å². The zero-order chi connectivity index (χ0) is 34.6. The lowest BCUT2D eigenvalue weighted by Crippen LogP contribution is -2.57. The Morgan fingerprint density at radius 2 is 0.774 bits per heavy atom. The summed E-state index contributed by atoms with van der Waals surface area (Å²) in [6.07, 6.45) is 0. The van der Waals surface area contributed by atoms with Crippen LogP contribution in [0.25, 0.3) is 66.9 Å². The van der Waals surface area contributed by atoms with E-state index in [-0.39, 0.29) is 6.71 Å². The highest BCUT2D eigenvalue weighted by molar-refractivity contribution is 6.98. The van der Waals surface area contributed by atoms with E-state index in [0.29, 0.717) is 17.7 Å². The molecule has 2 aliphatic heterocycles. The molecule has 0 N–H and O–H groups in total. The van der Waals surface area contributed by atoms with Gasteiger partial charge in [0, 0.05) is 32.6 Å². The minimum absolute atomic E-state index is 0.0244.